The first-order valence-electron chi connectivity index (χ1n) is 4.11. The Balaban J connectivity index is 3.21. The SMILES string of the molecule is COc1c(Cl)cc(CN(C)O)c(O)c1F. The number of methoxy groups -OCH3 is 1. The quantitative estimate of drug-likeness (QED) is 0.787. The summed E-state index contributed by atoms with van der Waals surface area (Å²) < 4.78 is 18.1. The van der Waals surface area contributed by atoms with Crippen molar-refractivity contribution >= 4 is 11.6 Å². The summed E-state index contributed by atoms with van der Waals surface area (Å²) in [5.41, 5.74) is 0.184. The minimum Gasteiger partial charge on any atom is -0.504 e. The third-order valence-corrected chi connectivity index (χ3v) is 2.11. The van der Waals surface area contributed by atoms with Gasteiger partial charge in [-0.1, -0.05) is 11.6 Å². The molecule has 15 heavy (non-hydrogen) atoms. The molecule has 6 heteroatoms. The van der Waals surface area contributed by atoms with Crippen LogP contribution in [0.3, 0.4) is 0 Å². The minimum absolute atomic E-state index is 0.0353. The minimum atomic E-state index is -0.929. The molecule has 0 spiro atoms. The van der Waals surface area contributed by atoms with E-state index in [1.807, 2.05) is 0 Å². The molecule has 84 valence electrons. The van der Waals surface area contributed by atoms with Gasteiger partial charge in [-0.25, -0.2) is 0 Å². The van der Waals surface area contributed by atoms with E-state index in [0.29, 0.717) is 0 Å². The van der Waals surface area contributed by atoms with E-state index in [0.717, 1.165) is 5.06 Å². The largest absolute Gasteiger partial charge is 0.504 e. The van der Waals surface area contributed by atoms with Crippen molar-refractivity contribution in [3.63, 3.8) is 0 Å². The third-order valence-electron chi connectivity index (χ3n) is 1.83. The van der Waals surface area contributed by atoms with Crippen LogP contribution in [0.25, 0.3) is 0 Å². The number of phenols is 1. The van der Waals surface area contributed by atoms with Crippen LogP contribution in [0, 0.1) is 5.82 Å². The lowest BCUT2D eigenvalue weighted by Gasteiger charge is -2.13. The van der Waals surface area contributed by atoms with Crippen molar-refractivity contribution in [2.75, 3.05) is 14.2 Å². The van der Waals surface area contributed by atoms with Crippen molar-refractivity contribution in [2.45, 2.75) is 6.54 Å². The number of benzene rings is 1. The summed E-state index contributed by atoms with van der Waals surface area (Å²) in [6.45, 7) is -0.0353. The molecule has 0 aromatic heterocycles. The fourth-order valence-corrected chi connectivity index (χ4v) is 1.49. The smallest absolute Gasteiger partial charge is 0.208 e. The molecule has 1 rings (SSSR count). The number of ether oxygens (including phenoxy) is 1. The van der Waals surface area contributed by atoms with Crippen LogP contribution in [0.5, 0.6) is 11.5 Å². The Kier molecular flexibility index (Phi) is 3.73. The fraction of sp³-hybridized carbons (Fsp3) is 0.333. The van der Waals surface area contributed by atoms with Crippen LogP contribution >= 0.6 is 11.6 Å². The van der Waals surface area contributed by atoms with Crippen LogP contribution in [-0.2, 0) is 6.54 Å². The molecule has 0 bridgehead atoms. The van der Waals surface area contributed by atoms with E-state index in [-0.39, 0.29) is 22.9 Å². The zero-order valence-electron chi connectivity index (χ0n) is 8.29. The Labute approximate surface area is 91.4 Å². The van der Waals surface area contributed by atoms with Crippen molar-refractivity contribution in [2.24, 2.45) is 0 Å². The molecule has 0 amide bonds. The maximum Gasteiger partial charge on any atom is 0.208 e. The van der Waals surface area contributed by atoms with Crippen LogP contribution in [0.4, 0.5) is 4.39 Å². The number of hydrogen-bond donors (Lipinski definition) is 2. The number of rotatable bonds is 3. The Morgan fingerprint density at radius 1 is 1.60 bits per heavy atom. The lowest BCUT2D eigenvalue weighted by atomic mass is 10.1. The number of nitrogens with zero attached hydrogens (tertiary/aromatic N) is 1. The molecule has 4 nitrogen and oxygen atoms in total. The molecule has 0 heterocycles. The van der Waals surface area contributed by atoms with E-state index >= 15 is 0 Å². The van der Waals surface area contributed by atoms with Gasteiger partial charge in [-0.3, -0.25) is 0 Å². The predicted molar refractivity (Wildman–Crippen MR) is 52.9 cm³/mol. The molecule has 0 aliphatic heterocycles. The Morgan fingerprint density at radius 2 is 2.20 bits per heavy atom. The highest BCUT2D eigenvalue weighted by molar-refractivity contribution is 6.32. The van der Waals surface area contributed by atoms with Gasteiger partial charge in [0.15, 0.2) is 11.5 Å². The monoisotopic (exact) mass is 235 g/mol. The molecule has 0 saturated carbocycles. The molecule has 0 fully saturated rings. The second kappa shape index (κ2) is 4.65. The molecular weight excluding hydrogens is 225 g/mol. The summed E-state index contributed by atoms with van der Waals surface area (Å²) in [4.78, 5) is 0. The number of hydrogen-bond acceptors (Lipinski definition) is 4. The average molecular weight is 236 g/mol. The number of phenolic OH excluding ortho intramolecular Hbond substituents is 1. The van der Waals surface area contributed by atoms with Crippen LogP contribution in [0.15, 0.2) is 6.07 Å². The van der Waals surface area contributed by atoms with Gasteiger partial charge in [-0.15, -0.1) is 0 Å². The van der Waals surface area contributed by atoms with E-state index in [2.05, 4.69) is 4.74 Å². The second-order valence-corrected chi connectivity index (χ2v) is 3.44. The topological polar surface area (TPSA) is 52.9 Å². The summed E-state index contributed by atoms with van der Waals surface area (Å²) in [6.07, 6.45) is 0. The lowest BCUT2D eigenvalue weighted by molar-refractivity contribution is -0.0736. The standard InChI is InChI=1S/C9H11ClFNO3/c1-12(14)4-5-3-6(10)9(15-2)7(11)8(5)13/h3,13-14H,4H2,1-2H3. The van der Waals surface area contributed by atoms with Crippen molar-refractivity contribution in [1.29, 1.82) is 0 Å². The van der Waals surface area contributed by atoms with Crippen molar-refractivity contribution in [1.82, 2.24) is 5.06 Å². The van der Waals surface area contributed by atoms with E-state index in [9.17, 15) is 9.50 Å². The van der Waals surface area contributed by atoms with Gasteiger partial charge in [-0.2, -0.15) is 9.45 Å². The molecule has 0 atom stereocenters. The normalized spacial score (nSPS) is 10.8. The first-order valence-corrected chi connectivity index (χ1v) is 4.49. The maximum atomic E-state index is 13.4. The predicted octanol–water partition coefficient (Wildman–Crippen LogP) is 2.01. The number of halogens is 2. The highest BCUT2D eigenvalue weighted by Gasteiger charge is 2.17. The van der Waals surface area contributed by atoms with E-state index in [4.69, 9.17) is 16.8 Å². The second-order valence-electron chi connectivity index (χ2n) is 3.03. The summed E-state index contributed by atoms with van der Waals surface area (Å²) in [6, 6.07) is 1.34. The van der Waals surface area contributed by atoms with E-state index in [1.165, 1.54) is 20.2 Å². The van der Waals surface area contributed by atoms with Gasteiger partial charge in [0.2, 0.25) is 5.82 Å². The van der Waals surface area contributed by atoms with Crippen molar-refractivity contribution in [3.05, 3.63) is 22.5 Å². The first-order chi connectivity index (χ1) is 6.97. The first kappa shape index (κ1) is 12.0. The number of aromatic hydroxyl groups is 1. The Bertz CT molecular complexity index is 371. The maximum absolute atomic E-state index is 13.4. The van der Waals surface area contributed by atoms with Crippen LogP contribution in [-0.4, -0.2) is 29.5 Å². The Morgan fingerprint density at radius 3 is 2.67 bits per heavy atom. The van der Waals surface area contributed by atoms with Crippen molar-refractivity contribution in [3.8, 4) is 11.5 Å². The lowest BCUT2D eigenvalue weighted by Crippen LogP contribution is -2.12. The van der Waals surface area contributed by atoms with Gasteiger partial charge in [0, 0.05) is 12.6 Å². The molecular formula is C9H11ClFNO3. The highest BCUT2D eigenvalue weighted by Crippen LogP contribution is 2.36. The summed E-state index contributed by atoms with van der Waals surface area (Å²) >= 11 is 5.71. The molecule has 0 aliphatic carbocycles. The van der Waals surface area contributed by atoms with Gasteiger partial charge in [0.25, 0.3) is 0 Å². The summed E-state index contributed by atoms with van der Waals surface area (Å²) in [5.74, 6) is -1.71. The zero-order valence-corrected chi connectivity index (χ0v) is 9.05. The van der Waals surface area contributed by atoms with Gasteiger partial charge in [-0.05, 0) is 6.07 Å². The van der Waals surface area contributed by atoms with Gasteiger partial charge in [0.1, 0.15) is 0 Å². The molecule has 0 aliphatic rings. The molecule has 0 radical (unpaired) electrons. The summed E-state index contributed by atoms with van der Waals surface area (Å²) in [5, 5.41) is 19.2. The zero-order chi connectivity index (χ0) is 11.6. The Hall–Kier alpha value is -1.04. The molecule has 2 N–H and O–H groups in total. The highest BCUT2D eigenvalue weighted by atomic mass is 35.5. The molecule has 0 unspecified atom stereocenters. The van der Waals surface area contributed by atoms with Crippen LogP contribution < -0.4 is 4.74 Å². The molecule has 0 saturated heterocycles. The van der Waals surface area contributed by atoms with Gasteiger partial charge >= 0.3 is 0 Å². The van der Waals surface area contributed by atoms with Crippen molar-refractivity contribution < 1.29 is 19.4 Å². The van der Waals surface area contributed by atoms with Crippen LogP contribution in [0.1, 0.15) is 5.56 Å². The molecule has 1 aromatic carbocycles. The fourth-order valence-electron chi connectivity index (χ4n) is 1.19. The molecule has 1 aromatic rings. The average Bonchev–Trinajstić information content (AvgIpc) is 2.14. The number of hydroxylamine groups is 2. The third kappa shape index (κ3) is 2.50. The van der Waals surface area contributed by atoms with E-state index < -0.39 is 11.6 Å². The van der Waals surface area contributed by atoms with Gasteiger partial charge in [0.05, 0.1) is 18.7 Å². The van der Waals surface area contributed by atoms with E-state index in [1.54, 1.807) is 0 Å². The van der Waals surface area contributed by atoms with Crippen LogP contribution in [0.2, 0.25) is 5.02 Å². The summed E-state index contributed by atoms with van der Waals surface area (Å²) in [7, 11) is 2.62. The van der Waals surface area contributed by atoms with Gasteiger partial charge < -0.3 is 15.1 Å².